The number of carbonyl (C=O) groups excluding carboxylic acids is 1. The lowest BCUT2D eigenvalue weighted by Gasteiger charge is -2.20. The minimum absolute atomic E-state index is 0.0467. The molecule has 0 fully saturated rings. The number of allylic oxidation sites excluding steroid dienone is 1. The average Bonchev–Trinajstić information content (AvgIpc) is 3.09. The van der Waals surface area contributed by atoms with Crippen LogP contribution in [0.2, 0.25) is 0 Å². The van der Waals surface area contributed by atoms with E-state index in [4.69, 9.17) is 5.26 Å². The van der Waals surface area contributed by atoms with E-state index in [-0.39, 0.29) is 12.3 Å². The third-order valence-corrected chi connectivity index (χ3v) is 7.08. The molecular weight excluding hydrogens is 674 g/mol. The van der Waals surface area contributed by atoms with Crippen LogP contribution < -0.4 is 9.80 Å². The Labute approximate surface area is 292 Å². The van der Waals surface area contributed by atoms with E-state index in [0.717, 1.165) is 35.5 Å². The van der Waals surface area contributed by atoms with Crippen LogP contribution in [0.4, 0.5) is 37.7 Å². The Morgan fingerprint density at radius 3 is 1.59 bits per heavy atom. The predicted octanol–water partition coefficient (Wildman–Crippen LogP) is 9.74. The van der Waals surface area contributed by atoms with E-state index < -0.39 is 46.3 Å². The van der Waals surface area contributed by atoms with Crippen LogP contribution in [0.5, 0.6) is 0 Å². The first-order valence-corrected chi connectivity index (χ1v) is 15.2. The predicted molar refractivity (Wildman–Crippen MR) is 184 cm³/mol. The number of nitriles is 2. The highest BCUT2D eigenvalue weighted by molar-refractivity contribution is 5.91. The summed E-state index contributed by atoms with van der Waals surface area (Å²) in [5.74, 6) is -1.67. The van der Waals surface area contributed by atoms with Crippen molar-refractivity contribution in [2.75, 3.05) is 37.0 Å². The molecule has 0 aliphatic rings. The summed E-state index contributed by atoms with van der Waals surface area (Å²) in [6.45, 7) is 5.96. The van der Waals surface area contributed by atoms with Gasteiger partial charge in [0.1, 0.15) is 12.6 Å². The molecule has 1 N–H and O–H groups in total. The zero-order valence-corrected chi connectivity index (χ0v) is 28.5. The molecule has 0 radical (unpaired) electrons. The summed E-state index contributed by atoms with van der Waals surface area (Å²) in [6.07, 6.45) is -9.17. The Morgan fingerprint density at radius 1 is 0.725 bits per heavy atom. The number of nitrogens with zero attached hydrogens (tertiary/aromatic N) is 4. The second kappa shape index (κ2) is 18.7. The number of esters is 1. The minimum Gasteiger partial charge on any atom is -0.504 e. The van der Waals surface area contributed by atoms with E-state index in [9.17, 15) is 41.5 Å². The van der Waals surface area contributed by atoms with Gasteiger partial charge in [0.2, 0.25) is 0 Å². The molecule has 0 spiro atoms. The first-order valence-electron chi connectivity index (χ1n) is 15.2. The molecule has 0 bridgehead atoms. The number of carbonyl (C=O) groups is 1. The largest absolute Gasteiger partial charge is 0.504 e. The molecule has 0 aliphatic carbocycles. The molecule has 4 aromatic carbocycles. The summed E-state index contributed by atoms with van der Waals surface area (Å²) in [6, 6.07) is 28.2. The van der Waals surface area contributed by atoms with Crippen molar-refractivity contribution in [3.63, 3.8) is 0 Å². The number of aliphatic hydroxyl groups is 1. The Hall–Kier alpha value is -5.95. The van der Waals surface area contributed by atoms with E-state index in [1.807, 2.05) is 62.2 Å². The van der Waals surface area contributed by atoms with Gasteiger partial charge < -0.3 is 19.6 Å². The number of aliphatic hydroxyl groups excluding tert-OH is 1. The lowest BCUT2D eigenvalue weighted by atomic mass is 10.0. The summed E-state index contributed by atoms with van der Waals surface area (Å²) < 4.78 is 81.2. The number of hydrogen-bond donors (Lipinski definition) is 1. The van der Waals surface area contributed by atoms with Crippen molar-refractivity contribution in [2.24, 2.45) is 0 Å². The van der Waals surface area contributed by atoms with E-state index in [0.29, 0.717) is 12.2 Å². The first kappa shape index (κ1) is 41.2. The second-order valence-corrected chi connectivity index (χ2v) is 10.9. The molecule has 0 unspecified atom stereocenters. The maximum absolute atomic E-state index is 13.1. The summed E-state index contributed by atoms with van der Waals surface area (Å²) >= 11 is 0. The van der Waals surface area contributed by atoms with Gasteiger partial charge in [0.25, 0.3) is 0 Å². The number of anilines is 2. The van der Waals surface area contributed by atoms with E-state index in [2.05, 4.69) is 10.8 Å². The third-order valence-electron chi connectivity index (χ3n) is 7.08. The summed E-state index contributed by atoms with van der Waals surface area (Å²) in [4.78, 5) is 14.5. The number of aryl methyl sites for hydroxylation is 2. The van der Waals surface area contributed by atoms with Crippen LogP contribution in [-0.2, 0) is 17.1 Å². The highest BCUT2D eigenvalue weighted by atomic mass is 19.4. The van der Waals surface area contributed by atoms with Gasteiger partial charge in [-0.3, -0.25) is 0 Å². The lowest BCUT2D eigenvalue weighted by molar-refractivity contribution is -0.138. The van der Waals surface area contributed by atoms with Crippen LogP contribution in [0.25, 0.3) is 5.76 Å². The monoisotopic (exact) mass is 710 g/mol. The highest BCUT2D eigenvalue weighted by Gasteiger charge is 2.36. The van der Waals surface area contributed by atoms with Crippen LogP contribution in [0, 0.1) is 36.5 Å². The number of rotatable bonds is 7. The van der Waals surface area contributed by atoms with Crippen LogP contribution in [0.1, 0.15) is 45.1 Å². The Kier molecular flexibility index (Phi) is 15.1. The lowest BCUT2D eigenvalue weighted by Crippen LogP contribution is -2.18. The molecular formula is C38H36F6N4O3. The summed E-state index contributed by atoms with van der Waals surface area (Å²) in [5.41, 5.74) is 0.791. The van der Waals surface area contributed by atoms with Gasteiger partial charge in [-0.25, -0.2) is 4.79 Å². The molecule has 4 rings (SSSR count). The normalized spacial score (nSPS) is 11.2. The molecule has 7 nitrogen and oxygen atoms in total. The van der Waals surface area contributed by atoms with E-state index in [1.54, 1.807) is 18.2 Å². The molecule has 0 amide bonds. The van der Waals surface area contributed by atoms with Crippen molar-refractivity contribution < 1.29 is 41.0 Å². The highest BCUT2D eigenvalue weighted by Crippen LogP contribution is 2.36. The fourth-order valence-electron chi connectivity index (χ4n) is 4.36. The molecule has 51 heavy (non-hydrogen) atoms. The quantitative estimate of drug-likeness (QED) is 0.0670. The van der Waals surface area contributed by atoms with Gasteiger partial charge in [0.15, 0.2) is 11.5 Å². The van der Waals surface area contributed by atoms with E-state index >= 15 is 0 Å². The molecule has 13 heteroatoms. The van der Waals surface area contributed by atoms with Crippen LogP contribution in [-0.4, -0.2) is 38.3 Å². The molecule has 0 atom stereocenters. The number of benzene rings is 4. The van der Waals surface area contributed by atoms with Crippen LogP contribution in [0.15, 0.2) is 103 Å². The van der Waals surface area contributed by atoms with Gasteiger partial charge in [-0.1, -0.05) is 65.7 Å². The minimum atomic E-state index is -4.63. The van der Waals surface area contributed by atoms with E-state index in [1.165, 1.54) is 48.7 Å². The number of alkyl halides is 6. The van der Waals surface area contributed by atoms with Crippen molar-refractivity contribution in [3.05, 3.63) is 136 Å². The Morgan fingerprint density at radius 2 is 1.16 bits per heavy atom. The molecule has 0 aliphatic heterocycles. The van der Waals surface area contributed by atoms with Gasteiger partial charge in [-0.05, 0) is 63.2 Å². The molecule has 0 saturated carbocycles. The van der Waals surface area contributed by atoms with Gasteiger partial charge >= 0.3 is 18.3 Å². The fourth-order valence-corrected chi connectivity index (χ4v) is 4.36. The molecule has 4 aromatic rings. The maximum atomic E-state index is 13.1. The summed E-state index contributed by atoms with van der Waals surface area (Å²) in [7, 11) is 3.42. The molecule has 0 heterocycles. The third kappa shape index (κ3) is 12.2. The zero-order chi connectivity index (χ0) is 38.4. The second-order valence-electron chi connectivity index (χ2n) is 10.9. The first-order chi connectivity index (χ1) is 24.0. The van der Waals surface area contributed by atoms with Crippen LogP contribution >= 0.6 is 0 Å². The topological polar surface area (TPSA) is 101 Å². The number of hydrogen-bond acceptors (Lipinski definition) is 7. The van der Waals surface area contributed by atoms with Gasteiger partial charge in [-0.2, -0.15) is 36.9 Å². The van der Waals surface area contributed by atoms with Crippen molar-refractivity contribution in [2.45, 2.75) is 33.1 Å². The Balaban J connectivity index is 0.000000286. The Bertz CT molecular complexity index is 1860. The van der Waals surface area contributed by atoms with Crippen molar-refractivity contribution in [1.29, 1.82) is 10.5 Å². The van der Waals surface area contributed by atoms with Gasteiger partial charge in [0.05, 0.1) is 29.4 Å². The maximum Gasteiger partial charge on any atom is 0.417 e. The number of ether oxygens (including phenoxy) is 1. The standard InChI is InChI=1S/C18H15F3N2O.C10H9F3O2.C10H12N2/c1-12-7-9-13(10-8-12)23(2)16(11-22)17(24)14-5-3-4-6-15(14)18(19,20)21;1-2-15-9(14)7-5-3-4-6-8(7)10(11,12)13;1-9-3-5-10(6-4-9)12(2)8-7-11/h3-10,24H,1-2H3;3-6H,2H2,1H3;3-6H,8H2,1-2H3/b17-16-;;. The summed E-state index contributed by atoms with van der Waals surface area (Å²) in [5, 5.41) is 28.1. The van der Waals surface area contributed by atoms with Crippen molar-refractivity contribution in [1.82, 2.24) is 0 Å². The SMILES string of the molecule is CCOC(=O)c1ccccc1C(F)(F)F.Cc1ccc(N(C)/C(C#N)=C(\O)c2ccccc2C(F)(F)F)cc1.Cc1ccc(N(C)CC#N)cc1. The molecule has 0 aromatic heterocycles. The average molecular weight is 711 g/mol. The fraction of sp³-hybridized carbons (Fsp3) is 0.237. The molecule has 268 valence electrons. The number of halogens is 6. The van der Waals surface area contributed by atoms with Crippen LogP contribution in [0.3, 0.4) is 0 Å². The van der Waals surface area contributed by atoms with Crippen molar-refractivity contribution >= 4 is 23.1 Å². The van der Waals surface area contributed by atoms with Crippen molar-refractivity contribution in [3.8, 4) is 12.1 Å². The van der Waals surface area contributed by atoms with Gasteiger partial charge in [0, 0.05) is 31.0 Å². The zero-order valence-electron chi connectivity index (χ0n) is 28.5. The van der Waals surface area contributed by atoms with Gasteiger partial charge in [-0.15, -0.1) is 0 Å². The molecule has 0 saturated heterocycles. The smallest absolute Gasteiger partial charge is 0.417 e.